The van der Waals surface area contributed by atoms with Crippen LogP contribution in [0.5, 0.6) is 0 Å². The summed E-state index contributed by atoms with van der Waals surface area (Å²) in [5, 5.41) is 8.38. The molecule has 0 bridgehead atoms. The van der Waals surface area contributed by atoms with Crippen molar-refractivity contribution in [2.75, 3.05) is 0 Å². The van der Waals surface area contributed by atoms with E-state index < -0.39 is 10.7 Å². The van der Waals surface area contributed by atoms with Crippen molar-refractivity contribution in [1.29, 1.82) is 5.26 Å². The zero-order chi connectivity index (χ0) is 8.97. The van der Waals surface area contributed by atoms with Crippen LogP contribution in [-0.2, 0) is 16.5 Å². The SMILES string of the molecule is N#Cc1ccc(C[SH](=O)=O)cn1. The Hall–Kier alpha value is -1.41. The molecule has 1 heterocycles. The molecule has 0 fully saturated rings. The average Bonchev–Trinajstić information content (AvgIpc) is 2.05. The molecular formula is C7H6N2O2S. The Morgan fingerprint density at radius 3 is 2.67 bits per heavy atom. The lowest BCUT2D eigenvalue weighted by Gasteiger charge is -1.92. The van der Waals surface area contributed by atoms with Crippen molar-refractivity contribution >= 4 is 10.7 Å². The lowest BCUT2D eigenvalue weighted by atomic mass is 10.3. The number of pyridine rings is 1. The van der Waals surface area contributed by atoms with E-state index in [0.717, 1.165) is 0 Å². The fraction of sp³-hybridized carbons (Fsp3) is 0.143. The van der Waals surface area contributed by atoms with E-state index in [1.165, 1.54) is 12.3 Å². The molecule has 0 amide bonds. The van der Waals surface area contributed by atoms with E-state index in [-0.39, 0.29) is 5.75 Å². The van der Waals surface area contributed by atoms with Gasteiger partial charge in [0.1, 0.15) is 22.5 Å². The molecule has 0 spiro atoms. The van der Waals surface area contributed by atoms with Gasteiger partial charge in [-0.1, -0.05) is 6.07 Å². The van der Waals surface area contributed by atoms with Crippen LogP contribution in [0.3, 0.4) is 0 Å². The second kappa shape index (κ2) is 3.83. The van der Waals surface area contributed by atoms with Crippen molar-refractivity contribution in [3.63, 3.8) is 0 Å². The predicted octanol–water partition coefficient (Wildman–Crippen LogP) is 0.0647. The molecule has 1 aromatic rings. The lowest BCUT2D eigenvalue weighted by Crippen LogP contribution is -1.89. The van der Waals surface area contributed by atoms with E-state index in [1.807, 2.05) is 6.07 Å². The van der Waals surface area contributed by atoms with Gasteiger partial charge in [-0.3, -0.25) is 0 Å². The topological polar surface area (TPSA) is 70.8 Å². The molecule has 62 valence electrons. The van der Waals surface area contributed by atoms with Crippen LogP contribution in [-0.4, -0.2) is 13.4 Å². The van der Waals surface area contributed by atoms with E-state index in [2.05, 4.69) is 4.98 Å². The molecular weight excluding hydrogens is 176 g/mol. The molecule has 0 saturated carbocycles. The van der Waals surface area contributed by atoms with Gasteiger partial charge in [0.25, 0.3) is 0 Å². The van der Waals surface area contributed by atoms with E-state index in [9.17, 15) is 8.42 Å². The number of hydrogen-bond acceptors (Lipinski definition) is 4. The second-order valence-corrected chi connectivity index (χ2v) is 3.14. The summed E-state index contributed by atoms with van der Waals surface area (Å²) in [5.74, 6) is -0.0198. The zero-order valence-electron chi connectivity index (χ0n) is 6.10. The van der Waals surface area contributed by atoms with Crippen LogP contribution < -0.4 is 0 Å². The summed E-state index contributed by atoms with van der Waals surface area (Å²) in [7, 11) is -2.41. The number of thiol groups is 1. The van der Waals surface area contributed by atoms with E-state index in [1.54, 1.807) is 6.07 Å². The largest absolute Gasteiger partial charge is 0.245 e. The molecule has 0 saturated heterocycles. The standard InChI is InChI=1S/C7H6N2O2S/c8-3-7-2-1-6(4-9-7)5-12(10)11/h1-2,4,12H,5H2. The summed E-state index contributed by atoms with van der Waals surface area (Å²) in [6.07, 6.45) is 1.39. The van der Waals surface area contributed by atoms with Crippen molar-refractivity contribution < 1.29 is 8.42 Å². The molecule has 0 aliphatic carbocycles. The van der Waals surface area contributed by atoms with E-state index >= 15 is 0 Å². The maximum absolute atomic E-state index is 10.3. The maximum Gasteiger partial charge on any atom is 0.144 e. The number of rotatable bonds is 2. The fourth-order valence-corrected chi connectivity index (χ4v) is 1.22. The third kappa shape index (κ3) is 2.32. The van der Waals surface area contributed by atoms with Crippen LogP contribution in [0.15, 0.2) is 18.3 Å². The Morgan fingerprint density at radius 1 is 1.50 bits per heavy atom. The van der Waals surface area contributed by atoms with Crippen molar-refractivity contribution in [2.45, 2.75) is 5.75 Å². The molecule has 0 aliphatic rings. The highest BCUT2D eigenvalue weighted by atomic mass is 32.2. The molecule has 0 aliphatic heterocycles. The first kappa shape index (κ1) is 8.68. The van der Waals surface area contributed by atoms with Crippen molar-refractivity contribution in [3.8, 4) is 6.07 Å². The van der Waals surface area contributed by atoms with Gasteiger partial charge >= 0.3 is 0 Å². The molecule has 4 nitrogen and oxygen atoms in total. The van der Waals surface area contributed by atoms with Crippen LogP contribution in [0, 0.1) is 11.3 Å². The number of aromatic nitrogens is 1. The smallest absolute Gasteiger partial charge is 0.144 e. The Balaban J connectivity index is 2.86. The highest BCUT2D eigenvalue weighted by Gasteiger charge is 1.95. The first-order valence-electron chi connectivity index (χ1n) is 3.19. The van der Waals surface area contributed by atoms with Gasteiger partial charge in [-0.15, -0.1) is 0 Å². The van der Waals surface area contributed by atoms with Crippen LogP contribution in [0.25, 0.3) is 0 Å². The minimum atomic E-state index is -2.41. The molecule has 0 unspecified atom stereocenters. The third-order valence-corrected chi connectivity index (χ3v) is 1.87. The van der Waals surface area contributed by atoms with E-state index in [0.29, 0.717) is 11.3 Å². The normalized spacial score (nSPS) is 9.67. The molecule has 1 aromatic heterocycles. The van der Waals surface area contributed by atoms with Crippen molar-refractivity contribution in [3.05, 3.63) is 29.6 Å². The van der Waals surface area contributed by atoms with Gasteiger partial charge in [-0.25, -0.2) is 13.4 Å². The molecule has 1 rings (SSSR count). The molecule has 0 atom stereocenters. The summed E-state index contributed by atoms with van der Waals surface area (Å²) < 4.78 is 20.5. The molecule has 0 aromatic carbocycles. The van der Waals surface area contributed by atoms with Gasteiger partial charge in [0, 0.05) is 6.20 Å². The van der Waals surface area contributed by atoms with E-state index in [4.69, 9.17) is 5.26 Å². The summed E-state index contributed by atoms with van der Waals surface area (Å²) in [6, 6.07) is 4.92. The summed E-state index contributed by atoms with van der Waals surface area (Å²) >= 11 is 0. The van der Waals surface area contributed by atoms with Crippen LogP contribution in [0.2, 0.25) is 0 Å². The van der Waals surface area contributed by atoms with Gasteiger partial charge in [0.05, 0.1) is 5.75 Å². The number of nitriles is 1. The number of hydrogen-bond donors (Lipinski definition) is 1. The Morgan fingerprint density at radius 2 is 2.25 bits per heavy atom. The Kier molecular flexibility index (Phi) is 2.77. The first-order valence-corrected chi connectivity index (χ1v) is 4.55. The minimum Gasteiger partial charge on any atom is -0.245 e. The van der Waals surface area contributed by atoms with Crippen LogP contribution in [0.4, 0.5) is 0 Å². The summed E-state index contributed by atoms with van der Waals surface area (Å²) in [4.78, 5) is 3.72. The van der Waals surface area contributed by atoms with Gasteiger partial charge < -0.3 is 0 Å². The zero-order valence-corrected chi connectivity index (χ0v) is 6.99. The summed E-state index contributed by atoms with van der Waals surface area (Å²) in [5.41, 5.74) is 0.894. The minimum absolute atomic E-state index is 0.0198. The fourth-order valence-electron chi connectivity index (χ4n) is 0.733. The van der Waals surface area contributed by atoms with Crippen LogP contribution in [0.1, 0.15) is 11.3 Å². The Labute approximate surface area is 71.4 Å². The van der Waals surface area contributed by atoms with Gasteiger partial charge in [0.2, 0.25) is 0 Å². The second-order valence-electron chi connectivity index (χ2n) is 2.15. The predicted molar refractivity (Wildman–Crippen MR) is 43.0 cm³/mol. The molecule has 5 heteroatoms. The van der Waals surface area contributed by atoms with Crippen molar-refractivity contribution in [2.24, 2.45) is 0 Å². The van der Waals surface area contributed by atoms with Gasteiger partial charge in [-0.2, -0.15) is 5.26 Å². The monoisotopic (exact) mass is 182 g/mol. The lowest BCUT2D eigenvalue weighted by molar-refractivity contribution is 0.614. The van der Waals surface area contributed by atoms with Gasteiger partial charge in [0.15, 0.2) is 0 Å². The number of nitrogens with zero attached hydrogens (tertiary/aromatic N) is 2. The highest BCUT2D eigenvalue weighted by Crippen LogP contribution is 1.99. The third-order valence-electron chi connectivity index (χ3n) is 1.25. The Bertz CT molecular complexity index is 367. The van der Waals surface area contributed by atoms with Crippen LogP contribution >= 0.6 is 0 Å². The maximum atomic E-state index is 10.3. The molecule has 12 heavy (non-hydrogen) atoms. The quantitative estimate of drug-likeness (QED) is 0.657. The molecule has 0 N–H and O–H groups in total. The average molecular weight is 182 g/mol. The first-order chi connectivity index (χ1) is 5.72. The van der Waals surface area contributed by atoms with Crippen molar-refractivity contribution in [1.82, 2.24) is 4.98 Å². The highest BCUT2D eigenvalue weighted by molar-refractivity contribution is 7.71. The molecule has 0 radical (unpaired) electrons. The summed E-state index contributed by atoms with van der Waals surface area (Å²) in [6.45, 7) is 0. The van der Waals surface area contributed by atoms with Gasteiger partial charge in [-0.05, 0) is 11.6 Å².